The normalized spacial score (nSPS) is 18.3. The van der Waals surface area contributed by atoms with Gasteiger partial charge in [-0.15, -0.1) is 24.8 Å². The van der Waals surface area contributed by atoms with Crippen LogP contribution in [0.25, 0.3) is 0 Å². The van der Waals surface area contributed by atoms with Crippen molar-refractivity contribution >= 4 is 30.7 Å². The zero-order chi connectivity index (χ0) is 17.4. The van der Waals surface area contributed by atoms with Gasteiger partial charge >= 0.3 is 0 Å². The van der Waals surface area contributed by atoms with Gasteiger partial charge in [0.05, 0.1) is 12.5 Å². The molecule has 5 nitrogen and oxygen atoms in total. The third-order valence-electron chi connectivity index (χ3n) is 4.92. The van der Waals surface area contributed by atoms with Gasteiger partial charge < -0.3 is 15.8 Å². The average molecular weight is 406 g/mol. The Morgan fingerprint density at radius 1 is 1.31 bits per heavy atom. The summed E-state index contributed by atoms with van der Waals surface area (Å²) in [4.78, 5) is 14.6. The first-order chi connectivity index (χ1) is 11.6. The van der Waals surface area contributed by atoms with Crippen molar-refractivity contribution in [3.05, 3.63) is 35.4 Å². The topological polar surface area (TPSA) is 67.6 Å². The number of benzene rings is 1. The SMILES string of the molecule is COC(CN)CC(=O)NCc1ccccc1CN1CCCCC1C.Cl.Cl. The highest BCUT2D eigenvalue weighted by Crippen LogP contribution is 2.20. The van der Waals surface area contributed by atoms with Crippen molar-refractivity contribution < 1.29 is 9.53 Å². The molecule has 1 fully saturated rings. The van der Waals surface area contributed by atoms with Crippen molar-refractivity contribution in [1.82, 2.24) is 10.2 Å². The van der Waals surface area contributed by atoms with Crippen LogP contribution < -0.4 is 11.1 Å². The number of carbonyl (C=O) groups excluding carboxylic acids is 1. The van der Waals surface area contributed by atoms with Crippen LogP contribution >= 0.6 is 24.8 Å². The molecule has 1 heterocycles. The molecule has 150 valence electrons. The number of nitrogens with one attached hydrogen (secondary N) is 1. The van der Waals surface area contributed by atoms with Crippen LogP contribution in [-0.4, -0.2) is 43.2 Å². The Bertz CT molecular complexity index is 527. The first kappa shape index (κ1) is 25.1. The van der Waals surface area contributed by atoms with Crippen molar-refractivity contribution in [3.63, 3.8) is 0 Å². The van der Waals surface area contributed by atoms with Crippen molar-refractivity contribution in [2.24, 2.45) is 5.73 Å². The Kier molecular flexibility index (Phi) is 12.9. The number of likely N-dealkylation sites (tertiary alicyclic amines) is 1. The third-order valence-corrected chi connectivity index (χ3v) is 4.92. The molecule has 1 aromatic carbocycles. The Hall–Kier alpha value is -0.850. The minimum absolute atomic E-state index is 0. The summed E-state index contributed by atoms with van der Waals surface area (Å²) in [5.41, 5.74) is 8.05. The maximum atomic E-state index is 12.0. The molecule has 1 saturated heterocycles. The minimum Gasteiger partial charge on any atom is -0.380 e. The molecular weight excluding hydrogens is 373 g/mol. The fraction of sp³-hybridized carbons (Fsp3) is 0.632. The summed E-state index contributed by atoms with van der Waals surface area (Å²) in [6.45, 7) is 5.33. The van der Waals surface area contributed by atoms with Gasteiger partial charge in [-0.3, -0.25) is 9.69 Å². The van der Waals surface area contributed by atoms with Crippen molar-refractivity contribution in [1.29, 1.82) is 0 Å². The first-order valence-electron chi connectivity index (χ1n) is 8.94. The lowest BCUT2D eigenvalue weighted by Gasteiger charge is -2.33. The Morgan fingerprint density at radius 2 is 2.00 bits per heavy atom. The molecule has 2 atom stereocenters. The number of carbonyl (C=O) groups is 1. The molecular formula is C19H33Cl2N3O2. The van der Waals surface area contributed by atoms with E-state index in [1.54, 1.807) is 7.11 Å². The summed E-state index contributed by atoms with van der Waals surface area (Å²) in [7, 11) is 1.58. The highest BCUT2D eigenvalue weighted by atomic mass is 35.5. The second-order valence-corrected chi connectivity index (χ2v) is 6.66. The number of nitrogens with two attached hydrogens (primary N) is 1. The molecule has 2 rings (SSSR count). The molecule has 0 aromatic heterocycles. The van der Waals surface area contributed by atoms with E-state index in [1.165, 1.54) is 30.4 Å². The molecule has 1 amide bonds. The summed E-state index contributed by atoms with van der Waals surface area (Å²) in [6.07, 6.45) is 3.97. The lowest BCUT2D eigenvalue weighted by Crippen LogP contribution is -2.37. The number of amides is 1. The van der Waals surface area contributed by atoms with Gasteiger partial charge in [-0.05, 0) is 37.4 Å². The molecule has 7 heteroatoms. The van der Waals surface area contributed by atoms with E-state index < -0.39 is 0 Å². The lowest BCUT2D eigenvalue weighted by molar-refractivity contribution is -0.123. The van der Waals surface area contributed by atoms with Gasteiger partial charge in [0.15, 0.2) is 0 Å². The molecule has 0 aliphatic carbocycles. The van der Waals surface area contributed by atoms with Gasteiger partial charge in [-0.1, -0.05) is 30.7 Å². The van der Waals surface area contributed by atoms with Gasteiger partial charge in [0.1, 0.15) is 0 Å². The monoisotopic (exact) mass is 405 g/mol. The Labute approximate surface area is 169 Å². The van der Waals surface area contributed by atoms with E-state index in [4.69, 9.17) is 10.5 Å². The van der Waals surface area contributed by atoms with Crippen LogP contribution in [0, 0.1) is 0 Å². The quantitative estimate of drug-likeness (QED) is 0.697. The number of hydrogen-bond donors (Lipinski definition) is 2. The van der Waals surface area contributed by atoms with E-state index in [1.807, 2.05) is 6.07 Å². The number of rotatable bonds is 8. The first-order valence-corrected chi connectivity index (χ1v) is 8.94. The number of nitrogens with zero attached hydrogens (tertiary/aromatic N) is 1. The number of piperidine rings is 1. The number of hydrogen-bond acceptors (Lipinski definition) is 4. The van der Waals surface area contributed by atoms with E-state index in [0.29, 0.717) is 25.6 Å². The fourth-order valence-corrected chi connectivity index (χ4v) is 3.23. The van der Waals surface area contributed by atoms with Gasteiger partial charge in [0.25, 0.3) is 0 Å². The summed E-state index contributed by atoms with van der Waals surface area (Å²) in [5, 5.41) is 2.99. The lowest BCUT2D eigenvalue weighted by atomic mass is 10.0. The van der Waals surface area contributed by atoms with Crippen LogP contribution in [0.2, 0.25) is 0 Å². The molecule has 26 heavy (non-hydrogen) atoms. The smallest absolute Gasteiger partial charge is 0.222 e. The summed E-state index contributed by atoms with van der Waals surface area (Å²) in [6, 6.07) is 9.00. The maximum absolute atomic E-state index is 12.0. The molecule has 0 spiro atoms. The molecule has 1 aromatic rings. The van der Waals surface area contributed by atoms with Crippen molar-refractivity contribution in [2.45, 2.75) is 57.8 Å². The number of methoxy groups -OCH3 is 1. The second-order valence-electron chi connectivity index (χ2n) is 6.66. The van der Waals surface area contributed by atoms with Crippen molar-refractivity contribution in [2.75, 3.05) is 20.2 Å². The number of halogens is 2. The molecule has 0 bridgehead atoms. The van der Waals surface area contributed by atoms with Gasteiger partial charge in [-0.2, -0.15) is 0 Å². The molecule has 3 N–H and O–H groups in total. The van der Waals surface area contributed by atoms with Crippen LogP contribution in [-0.2, 0) is 22.6 Å². The zero-order valence-electron chi connectivity index (χ0n) is 15.8. The van der Waals surface area contributed by atoms with Gasteiger partial charge in [-0.25, -0.2) is 0 Å². The van der Waals surface area contributed by atoms with E-state index in [9.17, 15) is 4.79 Å². The minimum atomic E-state index is -0.213. The predicted octanol–water partition coefficient (Wildman–Crippen LogP) is 2.88. The Balaban J connectivity index is 0.00000312. The predicted molar refractivity (Wildman–Crippen MR) is 111 cm³/mol. The van der Waals surface area contributed by atoms with E-state index in [0.717, 1.165) is 13.1 Å². The molecule has 0 radical (unpaired) electrons. The largest absolute Gasteiger partial charge is 0.380 e. The highest BCUT2D eigenvalue weighted by molar-refractivity contribution is 5.85. The van der Waals surface area contributed by atoms with Crippen LogP contribution in [0.5, 0.6) is 0 Å². The van der Waals surface area contributed by atoms with Gasteiger partial charge in [0.2, 0.25) is 5.91 Å². The van der Waals surface area contributed by atoms with Crippen LogP contribution in [0.15, 0.2) is 24.3 Å². The Morgan fingerprint density at radius 3 is 2.62 bits per heavy atom. The zero-order valence-corrected chi connectivity index (χ0v) is 17.4. The van der Waals surface area contributed by atoms with Gasteiger partial charge in [0, 0.05) is 32.8 Å². The second kappa shape index (κ2) is 13.3. The molecule has 0 saturated carbocycles. The number of ether oxygens (including phenoxy) is 1. The van der Waals surface area contributed by atoms with Crippen LogP contribution in [0.4, 0.5) is 0 Å². The van der Waals surface area contributed by atoms with Crippen LogP contribution in [0.3, 0.4) is 0 Å². The summed E-state index contributed by atoms with van der Waals surface area (Å²) in [5.74, 6) is -0.0200. The third kappa shape index (κ3) is 7.80. The summed E-state index contributed by atoms with van der Waals surface area (Å²) >= 11 is 0. The summed E-state index contributed by atoms with van der Waals surface area (Å²) < 4.78 is 5.17. The average Bonchev–Trinajstić information content (AvgIpc) is 2.61. The molecule has 2 unspecified atom stereocenters. The van der Waals surface area contributed by atoms with Crippen LogP contribution in [0.1, 0.15) is 43.7 Å². The molecule has 1 aliphatic heterocycles. The van der Waals surface area contributed by atoms with Crippen molar-refractivity contribution in [3.8, 4) is 0 Å². The maximum Gasteiger partial charge on any atom is 0.222 e. The van der Waals surface area contributed by atoms with E-state index >= 15 is 0 Å². The molecule has 1 aliphatic rings. The van der Waals surface area contributed by atoms with E-state index in [2.05, 4.69) is 35.3 Å². The highest BCUT2D eigenvalue weighted by Gasteiger charge is 2.19. The fourth-order valence-electron chi connectivity index (χ4n) is 3.23. The van der Waals surface area contributed by atoms with E-state index in [-0.39, 0.29) is 36.8 Å². The standard InChI is InChI=1S/C19H31N3O2.2ClH/c1-15-7-5-6-10-22(15)14-17-9-4-3-8-16(17)13-21-19(23)11-18(12-20)24-2;;/h3-4,8-9,15,18H,5-7,10-14,20H2,1-2H3,(H,21,23);2*1H.